The highest BCUT2D eigenvalue weighted by molar-refractivity contribution is 7.12. The van der Waals surface area contributed by atoms with Crippen molar-refractivity contribution in [3.63, 3.8) is 0 Å². The van der Waals surface area contributed by atoms with E-state index in [1.165, 1.54) is 11.3 Å². The molecule has 21 heavy (non-hydrogen) atoms. The molecule has 1 atom stereocenters. The van der Waals surface area contributed by atoms with Crippen LogP contribution in [0.15, 0.2) is 17.5 Å². The molecule has 0 bridgehead atoms. The van der Waals surface area contributed by atoms with Crippen LogP contribution >= 0.6 is 11.3 Å². The second-order valence-electron chi connectivity index (χ2n) is 4.90. The summed E-state index contributed by atoms with van der Waals surface area (Å²) in [6, 6.07) is 3.38. The Balaban J connectivity index is 1.76. The van der Waals surface area contributed by atoms with Crippen molar-refractivity contribution in [2.75, 3.05) is 19.6 Å². The fraction of sp³-hybridized carbons (Fsp3) is 0.417. The van der Waals surface area contributed by atoms with Crippen LogP contribution in [0, 0.1) is 0 Å². The Bertz CT molecular complexity index is 547. The molecule has 114 valence electrons. The molecule has 0 aliphatic carbocycles. The summed E-state index contributed by atoms with van der Waals surface area (Å²) in [4.78, 5) is 36.4. The number of likely N-dealkylation sites (tertiary alicyclic amines) is 1. The molecule has 1 fully saturated rings. The summed E-state index contributed by atoms with van der Waals surface area (Å²) in [5, 5.41) is 10.8. The lowest BCUT2D eigenvalue weighted by Gasteiger charge is -2.19. The summed E-state index contributed by atoms with van der Waals surface area (Å²) < 4.78 is 0. The molecule has 0 spiro atoms. The molecule has 2 rings (SSSR count). The SMILES string of the molecule is NC1(C(=O)O)CCN(CC(=O)NNC(=O)c2cccs2)C1. The van der Waals surface area contributed by atoms with Crippen molar-refractivity contribution in [3.05, 3.63) is 22.4 Å². The van der Waals surface area contributed by atoms with E-state index in [1.54, 1.807) is 22.4 Å². The number of carbonyl (C=O) groups excluding carboxylic acids is 2. The van der Waals surface area contributed by atoms with E-state index in [2.05, 4.69) is 10.9 Å². The lowest BCUT2D eigenvalue weighted by molar-refractivity contribution is -0.143. The van der Waals surface area contributed by atoms with Gasteiger partial charge >= 0.3 is 5.97 Å². The first kappa shape index (κ1) is 15.4. The van der Waals surface area contributed by atoms with E-state index in [-0.39, 0.29) is 19.5 Å². The van der Waals surface area contributed by atoms with E-state index in [1.807, 2.05) is 0 Å². The highest BCUT2D eigenvalue weighted by Crippen LogP contribution is 2.18. The number of nitrogens with zero attached hydrogens (tertiary/aromatic N) is 1. The molecule has 0 aromatic carbocycles. The van der Waals surface area contributed by atoms with Crippen LogP contribution in [-0.4, -0.2) is 53.0 Å². The minimum atomic E-state index is -1.31. The van der Waals surface area contributed by atoms with E-state index in [9.17, 15) is 14.4 Å². The minimum Gasteiger partial charge on any atom is -0.480 e. The van der Waals surface area contributed by atoms with Gasteiger partial charge in [-0.15, -0.1) is 11.3 Å². The third kappa shape index (κ3) is 3.78. The molecule has 1 aromatic rings. The van der Waals surface area contributed by atoms with Crippen molar-refractivity contribution in [2.45, 2.75) is 12.0 Å². The molecule has 1 aliphatic heterocycles. The molecule has 1 aromatic heterocycles. The number of hydrogen-bond acceptors (Lipinski definition) is 6. The molecule has 9 heteroatoms. The number of nitrogens with one attached hydrogen (secondary N) is 2. The molecular weight excluding hydrogens is 296 g/mol. The normalized spacial score (nSPS) is 22.0. The third-order valence-electron chi connectivity index (χ3n) is 3.23. The highest BCUT2D eigenvalue weighted by Gasteiger charge is 2.41. The first-order chi connectivity index (χ1) is 9.90. The van der Waals surface area contributed by atoms with Crippen LogP contribution in [0.1, 0.15) is 16.1 Å². The predicted octanol–water partition coefficient (Wildman–Crippen LogP) is -1.00. The van der Waals surface area contributed by atoms with Crippen LogP contribution in [0.25, 0.3) is 0 Å². The van der Waals surface area contributed by atoms with Crippen LogP contribution in [0.3, 0.4) is 0 Å². The number of carboxylic acid groups (broad SMARTS) is 1. The van der Waals surface area contributed by atoms with Crippen molar-refractivity contribution in [2.24, 2.45) is 5.73 Å². The molecule has 0 radical (unpaired) electrons. The topological polar surface area (TPSA) is 125 Å². The van der Waals surface area contributed by atoms with E-state index in [0.29, 0.717) is 11.4 Å². The number of hydrazine groups is 1. The van der Waals surface area contributed by atoms with Crippen molar-refractivity contribution in [1.29, 1.82) is 0 Å². The van der Waals surface area contributed by atoms with Crippen LogP contribution in [-0.2, 0) is 9.59 Å². The van der Waals surface area contributed by atoms with E-state index in [4.69, 9.17) is 10.8 Å². The first-order valence-electron chi connectivity index (χ1n) is 6.28. The maximum Gasteiger partial charge on any atom is 0.325 e. The van der Waals surface area contributed by atoms with Gasteiger partial charge in [-0.25, -0.2) is 0 Å². The van der Waals surface area contributed by atoms with Gasteiger partial charge in [-0.2, -0.15) is 0 Å². The zero-order chi connectivity index (χ0) is 15.5. The van der Waals surface area contributed by atoms with Crippen LogP contribution in [0.4, 0.5) is 0 Å². The van der Waals surface area contributed by atoms with Crippen molar-refractivity contribution >= 4 is 29.1 Å². The van der Waals surface area contributed by atoms with Gasteiger partial charge in [-0.3, -0.25) is 30.1 Å². The molecular formula is C12H16N4O4S. The van der Waals surface area contributed by atoms with Gasteiger partial charge in [0.2, 0.25) is 0 Å². The van der Waals surface area contributed by atoms with Crippen molar-refractivity contribution in [1.82, 2.24) is 15.8 Å². The molecule has 2 heterocycles. The third-order valence-corrected chi connectivity index (χ3v) is 4.10. The molecule has 1 unspecified atom stereocenters. The van der Waals surface area contributed by atoms with Gasteiger partial charge in [0.1, 0.15) is 5.54 Å². The maximum absolute atomic E-state index is 11.7. The van der Waals surface area contributed by atoms with E-state index in [0.717, 1.165) is 0 Å². The Morgan fingerprint density at radius 1 is 1.43 bits per heavy atom. The quantitative estimate of drug-likeness (QED) is 0.528. The highest BCUT2D eigenvalue weighted by atomic mass is 32.1. The smallest absolute Gasteiger partial charge is 0.325 e. The van der Waals surface area contributed by atoms with Gasteiger partial charge in [0.05, 0.1) is 11.4 Å². The zero-order valence-electron chi connectivity index (χ0n) is 11.2. The summed E-state index contributed by atoms with van der Waals surface area (Å²) >= 11 is 1.26. The fourth-order valence-electron chi connectivity index (χ4n) is 2.06. The van der Waals surface area contributed by atoms with Gasteiger partial charge in [0.15, 0.2) is 0 Å². The predicted molar refractivity (Wildman–Crippen MR) is 75.5 cm³/mol. The van der Waals surface area contributed by atoms with Crippen LogP contribution in [0.5, 0.6) is 0 Å². The van der Waals surface area contributed by atoms with Crippen molar-refractivity contribution < 1.29 is 19.5 Å². The van der Waals surface area contributed by atoms with E-state index >= 15 is 0 Å². The number of amides is 2. The molecule has 5 N–H and O–H groups in total. The average Bonchev–Trinajstić information content (AvgIpc) is 3.07. The minimum absolute atomic E-state index is 0.0169. The number of thiophene rings is 1. The number of carboxylic acids is 1. The van der Waals surface area contributed by atoms with Gasteiger partial charge in [-0.1, -0.05) is 6.07 Å². The van der Waals surface area contributed by atoms with Gasteiger partial charge in [-0.05, 0) is 17.9 Å². The lowest BCUT2D eigenvalue weighted by atomic mass is 10.0. The second-order valence-corrected chi connectivity index (χ2v) is 5.85. The Labute approximate surface area is 124 Å². The Kier molecular flexibility index (Phi) is 4.56. The summed E-state index contributed by atoms with van der Waals surface area (Å²) in [6.45, 7) is 0.515. The summed E-state index contributed by atoms with van der Waals surface area (Å²) in [5.41, 5.74) is 9.00. The van der Waals surface area contributed by atoms with Gasteiger partial charge in [0.25, 0.3) is 11.8 Å². The maximum atomic E-state index is 11.7. The Morgan fingerprint density at radius 2 is 2.19 bits per heavy atom. The largest absolute Gasteiger partial charge is 0.480 e. The van der Waals surface area contributed by atoms with Crippen molar-refractivity contribution in [3.8, 4) is 0 Å². The number of carbonyl (C=O) groups is 3. The lowest BCUT2D eigenvalue weighted by Crippen LogP contribution is -2.51. The number of aliphatic carboxylic acids is 1. The van der Waals surface area contributed by atoms with Gasteiger partial charge in [0, 0.05) is 13.1 Å². The summed E-state index contributed by atoms with van der Waals surface area (Å²) in [5.74, 6) is -1.88. The van der Waals surface area contributed by atoms with Crippen LogP contribution in [0.2, 0.25) is 0 Å². The fourth-order valence-corrected chi connectivity index (χ4v) is 2.68. The molecule has 2 amide bonds. The average molecular weight is 312 g/mol. The first-order valence-corrected chi connectivity index (χ1v) is 7.16. The zero-order valence-corrected chi connectivity index (χ0v) is 12.0. The summed E-state index contributed by atoms with van der Waals surface area (Å²) in [6.07, 6.45) is 0.289. The Hall–Kier alpha value is -1.97. The monoisotopic (exact) mass is 312 g/mol. The van der Waals surface area contributed by atoms with Gasteiger partial charge < -0.3 is 10.8 Å². The Morgan fingerprint density at radius 3 is 2.76 bits per heavy atom. The molecule has 8 nitrogen and oxygen atoms in total. The molecule has 0 saturated carbocycles. The van der Waals surface area contributed by atoms with Crippen LogP contribution < -0.4 is 16.6 Å². The number of hydrogen-bond donors (Lipinski definition) is 4. The number of rotatable bonds is 4. The number of nitrogens with two attached hydrogens (primary N) is 1. The summed E-state index contributed by atoms with van der Waals surface area (Å²) in [7, 11) is 0. The molecule has 1 saturated heterocycles. The standard InChI is InChI=1S/C12H16N4O4S/c13-12(11(19)20)3-4-16(7-12)6-9(17)14-15-10(18)8-2-1-5-21-8/h1-2,5H,3-4,6-7,13H2,(H,14,17)(H,15,18)(H,19,20). The second kappa shape index (κ2) is 6.20. The molecule has 1 aliphatic rings. The van der Waals surface area contributed by atoms with E-state index < -0.39 is 23.3 Å².